The van der Waals surface area contributed by atoms with Gasteiger partial charge in [-0.3, -0.25) is 0 Å². The van der Waals surface area contributed by atoms with Crippen molar-refractivity contribution < 1.29 is 9.32 Å². The first-order chi connectivity index (χ1) is 7.27. The van der Waals surface area contributed by atoms with Crippen LogP contribution >= 0.6 is 9.47 Å². The summed E-state index contributed by atoms with van der Waals surface area (Å²) in [6.45, 7) is 1.95. The first kappa shape index (κ1) is 12.4. The van der Waals surface area contributed by atoms with Gasteiger partial charge in [0.15, 0.2) is 0 Å². The van der Waals surface area contributed by atoms with Crippen molar-refractivity contribution in [1.29, 1.82) is 0 Å². The summed E-state index contributed by atoms with van der Waals surface area (Å²) < 4.78 is 4.96. The molecule has 0 radical (unpaired) electrons. The van der Waals surface area contributed by atoms with Gasteiger partial charge < -0.3 is 9.32 Å². The van der Waals surface area contributed by atoms with Crippen LogP contribution in [0.4, 0.5) is 0 Å². The summed E-state index contributed by atoms with van der Waals surface area (Å²) in [6.07, 6.45) is 7.63. The van der Waals surface area contributed by atoms with Gasteiger partial charge in [-0.15, -0.1) is 0 Å². The van der Waals surface area contributed by atoms with Gasteiger partial charge in [0.25, 0.3) is 0 Å². The van der Waals surface area contributed by atoms with Crippen molar-refractivity contribution in [3.8, 4) is 11.8 Å². The molecule has 4 atom stereocenters. The van der Waals surface area contributed by atoms with E-state index < -0.39 is 0 Å². The maximum absolute atomic E-state index is 10.2. The largest absolute Gasteiger partial charge is 0.359 e. The zero-order chi connectivity index (χ0) is 11.1. The lowest BCUT2D eigenvalue weighted by atomic mass is 10.2. The Hall–Kier alpha value is -0.640. The summed E-state index contributed by atoms with van der Waals surface area (Å²) in [7, 11) is 2.23. The third-order valence-electron chi connectivity index (χ3n) is 2.60. The number of carbonyl (C=O) groups is 1. The van der Waals surface area contributed by atoms with Crippen LogP contribution in [0.3, 0.4) is 0 Å². The number of allylic oxidation sites excluding steroid dienone is 1. The van der Waals surface area contributed by atoms with Crippen molar-refractivity contribution in [2.24, 2.45) is 11.8 Å². The van der Waals surface area contributed by atoms with E-state index >= 15 is 0 Å². The average Bonchev–Trinajstić information content (AvgIpc) is 2.96. The minimum absolute atomic E-state index is 0.0908. The lowest BCUT2D eigenvalue weighted by molar-refractivity contribution is -0.108. The fourth-order valence-electron chi connectivity index (χ4n) is 1.45. The molecule has 0 amide bonds. The summed E-state index contributed by atoms with van der Waals surface area (Å²) in [6, 6.07) is 0. The molecule has 0 bridgehead atoms. The van der Waals surface area contributed by atoms with E-state index in [1.165, 1.54) is 6.42 Å². The number of hydrogen-bond acceptors (Lipinski definition) is 2. The van der Waals surface area contributed by atoms with Crippen molar-refractivity contribution >= 4 is 15.8 Å². The van der Waals surface area contributed by atoms with Crippen molar-refractivity contribution in [3.05, 3.63) is 12.2 Å². The molecule has 1 aliphatic rings. The predicted molar refractivity (Wildman–Crippen MR) is 64.1 cm³/mol. The van der Waals surface area contributed by atoms with Gasteiger partial charge in [0, 0.05) is 22.3 Å². The van der Waals surface area contributed by atoms with Crippen molar-refractivity contribution in [2.45, 2.75) is 32.3 Å². The van der Waals surface area contributed by atoms with Crippen LogP contribution in [0.25, 0.3) is 0 Å². The second-order valence-corrected chi connectivity index (χ2v) is 4.16. The molecule has 1 saturated carbocycles. The van der Waals surface area contributed by atoms with Crippen LogP contribution in [0.15, 0.2) is 12.2 Å². The highest BCUT2D eigenvalue weighted by atomic mass is 31.0. The summed E-state index contributed by atoms with van der Waals surface area (Å²) in [5.41, 5.74) is 0. The molecule has 82 valence electrons. The smallest absolute Gasteiger partial charge is 0.120 e. The van der Waals surface area contributed by atoms with Crippen molar-refractivity contribution in [1.82, 2.24) is 0 Å². The Labute approximate surface area is 93.7 Å². The van der Waals surface area contributed by atoms with Crippen LogP contribution in [0.2, 0.25) is 0 Å². The molecule has 15 heavy (non-hydrogen) atoms. The highest BCUT2D eigenvalue weighted by molar-refractivity contribution is 7.09. The Morgan fingerprint density at radius 1 is 1.60 bits per heavy atom. The Morgan fingerprint density at radius 2 is 2.40 bits per heavy atom. The molecular weight excluding hydrogens is 207 g/mol. The van der Waals surface area contributed by atoms with Gasteiger partial charge in [-0.1, -0.05) is 11.8 Å². The molecule has 1 aliphatic carbocycles. The predicted octanol–water partition coefficient (Wildman–Crippen LogP) is 2.36. The quantitative estimate of drug-likeness (QED) is 0.407. The lowest BCUT2D eigenvalue weighted by Crippen LogP contribution is -1.93. The van der Waals surface area contributed by atoms with Gasteiger partial charge in [0.2, 0.25) is 0 Å². The molecule has 0 aromatic rings. The van der Waals surface area contributed by atoms with E-state index in [4.69, 9.17) is 4.52 Å². The molecule has 0 aromatic heterocycles. The van der Waals surface area contributed by atoms with Crippen LogP contribution in [0.5, 0.6) is 0 Å². The zero-order valence-electron chi connectivity index (χ0n) is 8.98. The van der Waals surface area contributed by atoms with Gasteiger partial charge in [-0.05, 0) is 37.3 Å². The SMILES string of the molecule is CC(/C=C/C#CCC1CC1CC=O)OP. The summed E-state index contributed by atoms with van der Waals surface area (Å²) in [5, 5.41) is 0. The maximum atomic E-state index is 10.2. The molecule has 2 nitrogen and oxygen atoms in total. The van der Waals surface area contributed by atoms with Gasteiger partial charge in [0.1, 0.15) is 6.29 Å². The normalized spacial score (nSPS) is 25.7. The molecule has 0 N–H and O–H groups in total. The Bertz CT molecular complexity index is 288. The minimum Gasteiger partial charge on any atom is -0.359 e. The van der Waals surface area contributed by atoms with Gasteiger partial charge in [-0.25, -0.2) is 0 Å². The summed E-state index contributed by atoms with van der Waals surface area (Å²) in [5.74, 6) is 7.34. The average molecular weight is 224 g/mol. The third-order valence-corrected chi connectivity index (χ3v) is 3.03. The van der Waals surface area contributed by atoms with Crippen LogP contribution in [-0.2, 0) is 9.32 Å². The Balaban J connectivity index is 2.13. The van der Waals surface area contributed by atoms with E-state index in [0.717, 1.165) is 12.7 Å². The fourth-order valence-corrected chi connectivity index (χ4v) is 1.54. The maximum Gasteiger partial charge on any atom is 0.120 e. The zero-order valence-corrected chi connectivity index (χ0v) is 10.1. The molecule has 1 fully saturated rings. The van der Waals surface area contributed by atoms with Crippen LogP contribution in [0.1, 0.15) is 26.2 Å². The fraction of sp³-hybridized carbons (Fsp3) is 0.583. The van der Waals surface area contributed by atoms with Gasteiger partial charge in [-0.2, -0.15) is 0 Å². The minimum atomic E-state index is 0.0908. The van der Waals surface area contributed by atoms with Crippen LogP contribution in [0, 0.1) is 23.7 Å². The summed E-state index contributed by atoms with van der Waals surface area (Å²) in [4.78, 5) is 10.2. The third kappa shape index (κ3) is 5.11. The van der Waals surface area contributed by atoms with Crippen LogP contribution < -0.4 is 0 Å². The Morgan fingerprint density at radius 3 is 3.07 bits per heavy atom. The lowest BCUT2D eigenvalue weighted by Gasteiger charge is -1.98. The topological polar surface area (TPSA) is 26.3 Å². The molecular formula is C12H17O2P. The monoisotopic (exact) mass is 224 g/mol. The highest BCUT2D eigenvalue weighted by Gasteiger charge is 2.35. The summed E-state index contributed by atoms with van der Waals surface area (Å²) >= 11 is 0. The molecule has 0 saturated heterocycles. The number of carbonyl (C=O) groups excluding carboxylic acids is 1. The first-order valence-corrected chi connectivity index (χ1v) is 5.69. The molecule has 0 aromatic carbocycles. The van der Waals surface area contributed by atoms with Crippen molar-refractivity contribution in [3.63, 3.8) is 0 Å². The van der Waals surface area contributed by atoms with Crippen molar-refractivity contribution in [2.75, 3.05) is 0 Å². The number of hydrogen-bond donors (Lipinski definition) is 0. The van der Waals surface area contributed by atoms with Gasteiger partial charge >= 0.3 is 0 Å². The highest BCUT2D eigenvalue weighted by Crippen LogP contribution is 2.42. The van der Waals surface area contributed by atoms with E-state index in [-0.39, 0.29) is 6.10 Å². The molecule has 3 heteroatoms. The second-order valence-electron chi connectivity index (χ2n) is 3.88. The molecule has 0 heterocycles. The van der Waals surface area contributed by atoms with E-state index in [0.29, 0.717) is 18.3 Å². The van der Waals surface area contributed by atoms with E-state index in [2.05, 4.69) is 21.3 Å². The Kier molecular flexibility index (Phi) is 5.61. The van der Waals surface area contributed by atoms with Crippen LogP contribution in [-0.4, -0.2) is 12.4 Å². The van der Waals surface area contributed by atoms with E-state index in [1.807, 2.05) is 19.1 Å². The number of aldehydes is 1. The second kappa shape index (κ2) is 6.77. The number of rotatable bonds is 5. The van der Waals surface area contributed by atoms with E-state index in [1.54, 1.807) is 0 Å². The molecule has 4 unspecified atom stereocenters. The molecule has 1 rings (SSSR count). The molecule has 0 aliphatic heterocycles. The first-order valence-electron chi connectivity index (χ1n) is 5.22. The van der Waals surface area contributed by atoms with Gasteiger partial charge in [0.05, 0.1) is 6.10 Å². The standard InChI is InChI=1S/C12H17O2P/c1-10(14-15)5-3-2-4-6-11-9-12(11)7-8-13/h3,5,8,10-12H,6-7,9,15H2,1H3/b5-3+. The van der Waals surface area contributed by atoms with E-state index in [9.17, 15) is 4.79 Å². The molecule has 0 spiro atoms.